The van der Waals surface area contributed by atoms with Crippen LogP contribution in [0.2, 0.25) is 0 Å². The van der Waals surface area contributed by atoms with Crippen LogP contribution in [0.5, 0.6) is 0 Å². The highest BCUT2D eigenvalue weighted by atomic mass is 32.2. The van der Waals surface area contributed by atoms with Crippen molar-refractivity contribution in [2.75, 3.05) is 18.9 Å². The monoisotopic (exact) mass is 173 g/mol. The minimum absolute atomic E-state index is 0.250. The molecule has 0 aromatic carbocycles. The zero-order chi connectivity index (χ0) is 8.10. The van der Waals surface area contributed by atoms with Gasteiger partial charge in [-0.05, 0) is 6.92 Å². The van der Waals surface area contributed by atoms with Crippen LogP contribution in [0.15, 0.2) is 11.1 Å². The lowest BCUT2D eigenvalue weighted by Crippen LogP contribution is -2.26. The third-order valence-corrected chi connectivity index (χ3v) is 2.07. The highest BCUT2D eigenvalue weighted by Gasteiger charge is 2.11. The van der Waals surface area contributed by atoms with E-state index in [9.17, 15) is 4.79 Å². The molecular weight excluding hydrogens is 162 g/mol. The molecule has 3 nitrogen and oxygen atoms in total. The second kappa shape index (κ2) is 4.28. The fourth-order valence-electron chi connectivity index (χ4n) is 0.758. The lowest BCUT2D eigenvalue weighted by atomic mass is 10.5. The van der Waals surface area contributed by atoms with Gasteiger partial charge in [-0.3, -0.25) is 0 Å². The second-order valence-electron chi connectivity index (χ2n) is 2.05. The zero-order valence-corrected chi connectivity index (χ0v) is 7.24. The number of carbonyl (C=O) groups excluding carboxylic acids is 1. The maximum absolute atomic E-state index is 11.0. The predicted molar refractivity (Wildman–Crippen MR) is 45.2 cm³/mol. The first kappa shape index (κ1) is 8.46. The molecule has 0 saturated carbocycles. The summed E-state index contributed by atoms with van der Waals surface area (Å²) in [4.78, 5) is 11.0. The molecule has 0 aliphatic carbocycles. The molecule has 0 amide bonds. The molecule has 0 aromatic heterocycles. The summed E-state index contributed by atoms with van der Waals surface area (Å²) in [6.45, 7) is 3.08. The standard InChI is InChI=1S/C7H11NO2S/c1-2-10-7(9)6-5-11-4-3-8-6/h5,8H,2-4H2,1H3. The van der Waals surface area contributed by atoms with Crippen molar-refractivity contribution in [1.29, 1.82) is 0 Å². The summed E-state index contributed by atoms with van der Waals surface area (Å²) in [5.74, 6) is 0.766. The molecule has 0 atom stereocenters. The van der Waals surface area contributed by atoms with Gasteiger partial charge in [0.2, 0.25) is 0 Å². The van der Waals surface area contributed by atoms with Crippen LogP contribution >= 0.6 is 11.8 Å². The molecule has 0 saturated heterocycles. The summed E-state index contributed by atoms with van der Waals surface area (Å²) in [5, 5.41) is 4.78. The third kappa shape index (κ3) is 2.46. The molecular formula is C7H11NO2S. The molecule has 1 aliphatic rings. The first-order valence-electron chi connectivity index (χ1n) is 3.57. The summed E-state index contributed by atoms with van der Waals surface area (Å²) < 4.78 is 4.80. The van der Waals surface area contributed by atoms with Gasteiger partial charge >= 0.3 is 5.97 Å². The number of hydrogen-bond donors (Lipinski definition) is 1. The number of carbonyl (C=O) groups is 1. The summed E-state index contributed by atoms with van der Waals surface area (Å²) in [5.41, 5.74) is 0.586. The SMILES string of the molecule is CCOC(=O)C1=CSCCN1. The van der Waals surface area contributed by atoms with Crippen LogP contribution in [-0.4, -0.2) is 24.9 Å². The minimum Gasteiger partial charge on any atom is -0.461 e. The van der Waals surface area contributed by atoms with Gasteiger partial charge in [0.15, 0.2) is 0 Å². The van der Waals surface area contributed by atoms with Crippen molar-refractivity contribution in [3.05, 3.63) is 11.1 Å². The minimum atomic E-state index is -0.250. The highest BCUT2D eigenvalue weighted by Crippen LogP contribution is 2.10. The van der Waals surface area contributed by atoms with E-state index < -0.39 is 0 Å². The van der Waals surface area contributed by atoms with Crippen molar-refractivity contribution in [3.8, 4) is 0 Å². The van der Waals surface area contributed by atoms with Gasteiger partial charge in [0, 0.05) is 17.7 Å². The van der Waals surface area contributed by atoms with Crippen LogP contribution in [0, 0.1) is 0 Å². The lowest BCUT2D eigenvalue weighted by Gasteiger charge is -2.12. The van der Waals surface area contributed by atoms with E-state index in [1.165, 1.54) is 0 Å². The molecule has 1 N–H and O–H groups in total. The highest BCUT2D eigenvalue weighted by molar-refractivity contribution is 8.02. The number of nitrogens with one attached hydrogen (secondary N) is 1. The molecule has 1 rings (SSSR count). The molecule has 0 bridgehead atoms. The van der Waals surface area contributed by atoms with Crippen molar-refractivity contribution in [3.63, 3.8) is 0 Å². The maximum atomic E-state index is 11.0. The van der Waals surface area contributed by atoms with E-state index in [-0.39, 0.29) is 5.97 Å². The second-order valence-corrected chi connectivity index (χ2v) is 3.03. The Kier molecular flexibility index (Phi) is 3.29. The Balaban J connectivity index is 2.44. The fourth-order valence-corrected chi connectivity index (χ4v) is 1.44. The number of esters is 1. The van der Waals surface area contributed by atoms with Gasteiger partial charge in [0.1, 0.15) is 5.70 Å². The van der Waals surface area contributed by atoms with Crippen LogP contribution < -0.4 is 5.32 Å². The Labute approximate surface area is 70.2 Å². The van der Waals surface area contributed by atoms with Gasteiger partial charge in [-0.2, -0.15) is 0 Å². The number of rotatable bonds is 2. The molecule has 1 heterocycles. The van der Waals surface area contributed by atoms with Crippen LogP contribution in [0.1, 0.15) is 6.92 Å². The zero-order valence-electron chi connectivity index (χ0n) is 6.42. The van der Waals surface area contributed by atoms with Crippen molar-refractivity contribution in [1.82, 2.24) is 5.32 Å². The Bertz CT molecular complexity index is 179. The van der Waals surface area contributed by atoms with E-state index in [2.05, 4.69) is 5.32 Å². The molecule has 1 aliphatic heterocycles. The first-order valence-corrected chi connectivity index (χ1v) is 4.62. The van der Waals surface area contributed by atoms with E-state index in [0.717, 1.165) is 12.3 Å². The van der Waals surface area contributed by atoms with Gasteiger partial charge in [0.25, 0.3) is 0 Å². The van der Waals surface area contributed by atoms with Crippen LogP contribution in [0.3, 0.4) is 0 Å². The molecule has 4 heteroatoms. The van der Waals surface area contributed by atoms with Gasteiger partial charge in [-0.15, -0.1) is 11.8 Å². The van der Waals surface area contributed by atoms with E-state index in [1.807, 2.05) is 5.41 Å². The normalized spacial score (nSPS) is 16.6. The average Bonchev–Trinajstić information content (AvgIpc) is 2.07. The van der Waals surface area contributed by atoms with E-state index in [0.29, 0.717) is 12.3 Å². The summed E-state index contributed by atoms with van der Waals surface area (Å²) >= 11 is 1.63. The maximum Gasteiger partial charge on any atom is 0.354 e. The van der Waals surface area contributed by atoms with E-state index in [4.69, 9.17) is 4.74 Å². The van der Waals surface area contributed by atoms with Crippen LogP contribution in [0.25, 0.3) is 0 Å². The predicted octanol–water partition coefficient (Wildman–Crippen LogP) is 0.727. The van der Waals surface area contributed by atoms with Crippen molar-refractivity contribution in [2.45, 2.75) is 6.92 Å². The van der Waals surface area contributed by atoms with Gasteiger partial charge < -0.3 is 10.1 Å². The number of ether oxygens (including phenoxy) is 1. The largest absolute Gasteiger partial charge is 0.461 e. The van der Waals surface area contributed by atoms with Gasteiger partial charge in [-0.1, -0.05) is 0 Å². The van der Waals surface area contributed by atoms with Crippen molar-refractivity contribution < 1.29 is 9.53 Å². The molecule has 0 spiro atoms. The quantitative estimate of drug-likeness (QED) is 0.625. The Morgan fingerprint density at radius 3 is 3.27 bits per heavy atom. The average molecular weight is 173 g/mol. The molecule has 0 fully saturated rings. The topological polar surface area (TPSA) is 38.3 Å². The summed E-state index contributed by atoms with van der Waals surface area (Å²) in [6, 6.07) is 0. The van der Waals surface area contributed by atoms with Gasteiger partial charge in [0.05, 0.1) is 6.61 Å². The first-order chi connectivity index (χ1) is 5.34. The van der Waals surface area contributed by atoms with Crippen molar-refractivity contribution >= 4 is 17.7 Å². The van der Waals surface area contributed by atoms with E-state index >= 15 is 0 Å². The lowest BCUT2D eigenvalue weighted by molar-refractivity contribution is -0.138. The van der Waals surface area contributed by atoms with Gasteiger partial charge in [-0.25, -0.2) is 4.79 Å². The summed E-state index contributed by atoms with van der Waals surface area (Å²) in [7, 11) is 0. The number of thioether (sulfide) groups is 1. The Morgan fingerprint density at radius 2 is 2.73 bits per heavy atom. The van der Waals surface area contributed by atoms with Crippen molar-refractivity contribution in [2.24, 2.45) is 0 Å². The van der Waals surface area contributed by atoms with Crippen LogP contribution in [0.4, 0.5) is 0 Å². The molecule has 0 radical (unpaired) electrons. The Morgan fingerprint density at radius 1 is 1.91 bits per heavy atom. The Hall–Kier alpha value is -0.640. The number of hydrogen-bond acceptors (Lipinski definition) is 4. The smallest absolute Gasteiger partial charge is 0.354 e. The molecule has 62 valence electrons. The van der Waals surface area contributed by atoms with E-state index in [1.54, 1.807) is 18.7 Å². The summed E-state index contributed by atoms with van der Waals surface area (Å²) in [6.07, 6.45) is 0. The fraction of sp³-hybridized carbons (Fsp3) is 0.571. The third-order valence-electron chi connectivity index (χ3n) is 1.23. The molecule has 0 unspecified atom stereocenters. The molecule has 11 heavy (non-hydrogen) atoms. The molecule has 0 aromatic rings. The van der Waals surface area contributed by atoms with Crippen LogP contribution in [-0.2, 0) is 9.53 Å².